The van der Waals surface area contributed by atoms with Crippen LogP contribution in [-0.2, 0) is 34.1 Å². The van der Waals surface area contributed by atoms with E-state index in [4.69, 9.17) is 16.3 Å². The standard InChI is InChI=1S/C26H27ClFN3O5S2/c1-26(2,33)25(32)29-14-16-5-4-6-17(13-16)15-31-20-8-7-18(28)24(36-3)23(20)19(30-31)11-12-38(34,35)22-10-9-21(27)37-22/h4-10,13,33H,11-12,14-15H2,1-3H3,(H,29,32). The Labute approximate surface area is 228 Å². The topological polar surface area (TPSA) is 111 Å². The molecule has 2 heterocycles. The van der Waals surface area contributed by atoms with E-state index in [0.717, 1.165) is 22.5 Å². The van der Waals surface area contributed by atoms with Crippen LogP contribution in [0.25, 0.3) is 10.9 Å². The van der Waals surface area contributed by atoms with Gasteiger partial charge in [-0.3, -0.25) is 9.48 Å². The molecule has 0 bridgehead atoms. The van der Waals surface area contributed by atoms with Crippen molar-refractivity contribution in [1.29, 1.82) is 0 Å². The minimum absolute atomic E-state index is 0.00315. The molecule has 0 aliphatic rings. The van der Waals surface area contributed by atoms with E-state index < -0.39 is 27.2 Å². The quantitative estimate of drug-likeness (QED) is 0.289. The second-order valence-electron chi connectivity index (χ2n) is 9.27. The van der Waals surface area contributed by atoms with Crippen LogP contribution in [0.5, 0.6) is 5.75 Å². The first-order valence-electron chi connectivity index (χ1n) is 11.7. The Bertz CT molecular complexity index is 1590. The van der Waals surface area contributed by atoms with Crippen molar-refractivity contribution < 1.29 is 27.4 Å². The average Bonchev–Trinajstić information content (AvgIpc) is 3.45. The van der Waals surface area contributed by atoms with E-state index in [0.29, 0.717) is 27.5 Å². The number of aromatic nitrogens is 2. The number of rotatable bonds is 10. The van der Waals surface area contributed by atoms with Crippen molar-refractivity contribution in [1.82, 2.24) is 15.1 Å². The number of nitrogens with zero attached hydrogens (tertiary/aromatic N) is 2. The zero-order valence-corrected chi connectivity index (χ0v) is 23.4. The molecule has 0 radical (unpaired) electrons. The van der Waals surface area contributed by atoms with Crippen LogP contribution in [0.3, 0.4) is 0 Å². The Hall–Kier alpha value is -2.99. The van der Waals surface area contributed by atoms with Crippen molar-refractivity contribution in [3.8, 4) is 5.75 Å². The molecular formula is C26H27ClFN3O5S2. The lowest BCUT2D eigenvalue weighted by atomic mass is 10.1. The monoisotopic (exact) mass is 579 g/mol. The lowest BCUT2D eigenvalue weighted by Gasteiger charge is -2.16. The summed E-state index contributed by atoms with van der Waals surface area (Å²) in [5, 5.41) is 17.6. The Morgan fingerprint density at radius 3 is 2.61 bits per heavy atom. The number of nitrogens with one attached hydrogen (secondary N) is 1. The molecular weight excluding hydrogens is 553 g/mol. The van der Waals surface area contributed by atoms with Gasteiger partial charge in [0.15, 0.2) is 21.4 Å². The van der Waals surface area contributed by atoms with E-state index in [9.17, 15) is 22.7 Å². The van der Waals surface area contributed by atoms with Gasteiger partial charge in [-0.15, -0.1) is 11.3 Å². The van der Waals surface area contributed by atoms with Gasteiger partial charge in [0, 0.05) is 13.0 Å². The maximum Gasteiger partial charge on any atom is 0.251 e. The van der Waals surface area contributed by atoms with Gasteiger partial charge in [-0.2, -0.15) is 5.10 Å². The number of carbonyl (C=O) groups excluding carboxylic acids is 1. The smallest absolute Gasteiger partial charge is 0.251 e. The molecule has 38 heavy (non-hydrogen) atoms. The third-order valence-corrected chi connectivity index (χ3v) is 9.42. The number of halogens is 2. The van der Waals surface area contributed by atoms with Crippen molar-refractivity contribution in [2.75, 3.05) is 12.9 Å². The van der Waals surface area contributed by atoms with Crippen LogP contribution < -0.4 is 10.1 Å². The van der Waals surface area contributed by atoms with Crippen molar-refractivity contribution >= 4 is 49.6 Å². The normalized spacial score (nSPS) is 12.2. The van der Waals surface area contributed by atoms with Gasteiger partial charge in [-0.05, 0) is 49.2 Å². The van der Waals surface area contributed by atoms with E-state index in [1.54, 1.807) is 10.7 Å². The number of benzene rings is 2. The summed E-state index contributed by atoms with van der Waals surface area (Å²) in [6, 6.07) is 13.3. The van der Waals surface area contributed by atoms with Crippen LogP contribution in [0.15, 0.2) is 52.7 Å². The Morgan fingerprint density at radius 1 is 1.21 bits per heavy atom. The largest absolute Gasteiger partial charge is 0.493 e. The van der Waals surface area contributed by atoms with Gasteiger partial charge < -0.3 is 15.2 Å². The number of methoxy groups -OCH3 is 1. The maximum absolute atomic E-state index is 14.6. The van der Waals surface area contributed by atoms with Crippen LogP contribution in [0, 0.1) is 5.82 Å². The fraction of sp³-hybridized carbons (Fsp3) is 0.308. The van der Waals surface area contributed by atoms with Gasteiger partial charge >= 0.3 is 0 Å². The molecule has 12 heteroatoms. The molecule has 4 rings (SSSR count). The highest BCUT2D eigenvalue weighted by Crippen LogP contribution is 2.33. The lowest BCUT2D eigenvalue weighted by molar-refractivity contribution is -0.136. The highest BCUT2D eigenvalue weighted by molar-refractivity contribution is 7.93. The summed E-state index contributed by atoms with van der Waals surface area (Å²) in [4.78, 5) is 12.0. The number of sulfone groups is 1. The third-order valence-electron chi connectivity index (χ3n) is 5.89. The minimum atomic E-state index is -3.62. The van der Waals surface area contributed by atoms with Crippen LogP contribution >= 0.6 is 22.9 Å². The Balaban J connectivity index is 1.63. The average molecular weight is 580 g/mol. The Kier molecular flexibility index (Phi) is 8.12. The molecule has 0 saturated heterocycles. The summed E-state index contributed by atoms with van der Waals surface area (Å²) < 4.78 is 47.9. The number of fused-ring (bicyclic) bond motifs is 1. The number of aliphatic hydroxyl groups is 1. The third kappa shape index (κ3) is 6.17. The molecule has 2 N–H and O–H groups in total. The number of ether oxygens (including phenoxy) is 1. The molecule has 4 aromatic rings. The van der Waals surface area contributed by atoms with Crippen molar-refractivity contribution in [3.05, 3.63) is 75.5 Å². The summed E-state index contributed by atoms with van der Waals surface area (Å²) in [5.74, 6) is -1.28. The first kappa shape index (κ1) is 28.0. The number of thiophene rings is 1. The zero-order valence-electron chi connectivity index (χ0n) is 21.0. The van der Waals surface area contributed by atoms with E-state index in [1.807, 2.05) is 24.3 Å². The highest BCUT2D eigenvalue weighted by atomic mass is 35.5. The number of carbonyl (C=O) groups is 1. The summed E-state index contributed by atoms with van der Waals surface area (Å²) >= 11 is 6.90. The molecule has 0 aliphatic carbocycles. The molecule has 2 aromatic carbocycles. The van der Waals surface area contributed by atoms with Crippen LogP contribution in [-0.4, -0.2) is 47.7 Å². The maximum atomic E-state index is 14.6. The first-order chi connectivity index (χ1) is 17.9. The summed E-state index contributed by atoms with van der Waals surface area (Å²) in [6.07, 6.45) is 0.0458. The van der Waals surface area contributed by atoms with Crippen molar-refractivity contribution in [2.45, 2.75) is 43.2 Å². The predicted molar refractivity (Wildman–Crippen MR) is 145 cm³/mol. The summed E-state index contributed by atoms with van der Waals surface area (Å²) in [5.41, 5.74) is 1.19. The molecule has 0 unspecified atom stereocenters. The van der Waals surface area contributed by atoms with Crippen LogP contribution in [0.1, 0.15) is 30.7 Å². The van der Waals surface area contributed by atoms with Crippen molar-refractivity contribution in [2.24, 2.45) is 0 Å². The van der Waals surface area contributed by atoms with E-state index in [-0.39, 0.29) is 28.7 Å². The lowest BCUT2D eigenvalue weighted by Crippen LogP contribution is -2.41. The summed E-state index contributed by atoms with van der Waals surface area (Å²) in [7, 11) is -2.26. The van der Waals surface area contributed by atoms with Gasteiger partial charge in [0.1, 0.15) is 9.81 Å². The molecule has 2 aromatic heterocycles. The number of hydrogen-bond donors (Lipinski definition) is 2. The van der Waals surface area contributed by atoms with Gasteiger partial charge in [0.2, 0.25) is 0 Å². The van der Waals surface area contributed by atoms with Gasteiger partial charge in [0.25, 0.3) is 5.91 Å². The summed E-state index contributed by atoms with van der Waals surface area (Å²) in [6.45, 7) is 3.37. The van der Waals surface area contributed by atoms with Crippen LogP contribution in [0.4, 0.5) is 4.39 Å². The molecule has 8 nitrogen and oxygen atoms in total. The molecule has 0 fully saturated rings. The van der Waals surface area contributed by atoms with Gasteiger partial charge in [0.05, 0.1) is 40.3 Å². The SMILES string of the molecule is COc1c(F)ccc2c1c(CCS(=O)(=O)c1ccc(Cl)s1)nn2Cc1cccc(CNC(=O)C(C)(C)O)c1. The number of aryl methyl sites for hydroxylation is 1. The van der Waals surface area contributed by atoms with Crippen molar-refractivity contribution in [3.63, 3.8) is 0 Å². The second-order valence-corrected chi connectivity index (χ2v) is 13.3. The molecule has 202 valence electrons. The highest BCUT2D eigenvalue weighted by Gasteiger charge is 2.24. The second kappa shape index (κ2) is 11.0. The van der Waals surface area contributed by atoms with E-state index >= 15 is 0 Å². The Morgan fingerprint density at radius 2 is 1.95 bits per heavy atom. The molecule has 0 aliphatic heterocycles. The van der Waals surface area contributed by atoms with Gasteiger partial charge in [-0.1, -0.05) is 35.9 Å². The molecule has 1 amide bonds. The number of amides is 1. The van der Waals surface area contributed by atoms with E-state index in [1.165, 1.54) is 39.2 Å². The molecule has 0 spiro atoms. The fourth-order valence-electron chi connectivity index (χ4n) is 3.99. The van der Waals surface area contributed by atoms with Gasteiger partial charge in [-0.25, -0.2) is 12.8 Å². The number of hydrogen-bond acceptors (Lipinski definition) is 7. The zero-order chi connectivity index (χ0) is 27.7. The fourth-order valence-corrected chi connectivity index (χ4v) is 6.87. The first-order valence-corrected chi connectivity index (χ1v) is 14.5. The van der Waals surface area contributed by atoms with E-state index in [2.05, 4.69) is 10.4 Å². The molecule has 0 atom stereocenters. The van der Waals surface area contributed by atoms with Crippen LogP contribution in [0.2, 0.25) is 4.34 Å². The minimum Gasteiger partial charge on any atom is -0.493 e. The molecule has 0 saturated carbocycles. The predicted octanol–water partition coefficient (Wildman–Crippen LogP) is 4.35.